The highest BCUT2D eigenvalue weighted by atomic mass is 35.5. The molecule has 0 N–H and O–H groups in total. The van der Waals surface area contributed by atoms with Crippen molar-refractivity contribution < 1.29 is 9.66 Å². The van der Waals surface area contributed by atoms with Gasteiger partial charge in [0.05, 0.1) is 10.6 Å². The van der Waals surface area contributed by atoms with E-state index in [1.807, 2.05) is 31.2 Å². The average molecular weight is 381 g/mol. The SMILES string of the molecule is Cc1ccc(N=Cc2cc(Cl)ccc2OCc2ccc([N+](=O)[O-])cc2)cc1. The number of hydrogen-bond donors (Lipinski definition) is 0. The van der Waals surface area contributed by atoms with Crippen LogP contribution >= 0.6 is 11.6 Å². The highest BCUT2D eigenvalue weighted by Gasteiger charge is 2.06. The first-order chi connectivity index (χ1) is 13.0. The maximum atomic E-state index is 10.7. The topological polar surface area (TPSA) is 64.7 Å². The number of rotatable bonds is 6. The van der Waals surface area contributed by atoms with Gasteiger partial charge in [-0.3, -0.25) is 15.1 Å². The number of hydrogen-bond acceptors (Lipinski definition) is 4. The van der Waals surface area contributed by atoms with Crippen LogP contribution in [0.4, 0.5) is 11.4 Å². The molecule has 0 atom stereocenters. The maximum Gasteiger partial charge on any atom is 0.269 e. The lowest BCUT2D eigenvalue weighted by molar-refractivity contribution is -0.384. The van der Waals surface area contributed by atoms with Gasteiger partial charge in [-0.05, 0) is 55.0 Å². The van der Waals surface area contributed by atoms with Crippen LogP contribution in [0.2, 0.25) is 5.02 Å². The molecule has 3 aromatic rings. The first-order valence-electron chi connectivity index (χ1n) is 8.28. The number of aliphatic imine (C=N–C) groups is 1. The summed E-state index contributed by atoms with van der Waals surface area (Å²) < 4.78 is 5.87. The molecule has 0 unspecified atom stereocenters. The van der Waals surface area contributed by atoms with Gasteiger partial charge >= 0.3 is 0 Å². The number of nitrogens with zero attached hydrogens (tertiary/aromatic N) is 2. The second kappa shape index (κ2) is 8.47. The summed E-state index contributed by atoms with van der Waals surface area (Å²) in [5.41, 5.74) is 3.64. The molecule has 0 saturated heterocycles. The zero-order valence-corrected chi connectivity index (χ0v) is 15.4. The number of aryl methyl sites for hydroxylation is 1. The molecular formula is C21H17ClN2O3. The van der Waals surface area contributed by atoms with E-state index in [-0.39, 0.29) is 12.3 Å². The number of nitro groups is 1. The summed E-state index contributed by atoms with van der Waals surface area (Å²) in [4.78, 5) is 14.8. The Kier molecular flexibility index (Phi) is 5.84. The van der Waals surface area contributed by atoms with E-state index in [9.17, 15) is 10.1 Å². The molecule has 0 saturated carbocycles. The monoisotopic (exact) mass is 380 g/mol. The second-order valence-electron chi connectivity index (χ2n) is 5.99. The molecule has 6 heteroatoms. The maximum absolute atomic E-state index is 10.7. The number of ether oxygens (including phenoxy) is 1. The Morgan fingerprint density at radius 1 is 1.07 bits per heavy atom. The van der Waals surface area contributed by atoms with E-state index in [0.717, 1.165) is 16.8 Å². The third-order valence-corrected chi connectivity index (χ3v) is 4.14. The molecule has 0 fully saturated rings. The highest BCUT2D eigenvalue weighted by Crippen LogP contribution is 2.24. The lowest BCUT2D eigenvalue weighted by Gasteiger charge is -2.09. The fraction of sp³-hybridized carbons (Fsp3) is 0.0952. The summed E-state index contributed by atoms with van der Waals surface area (Å²) in [6, 6.07) is 19.4. The van der Waals surface area contributed by atoms with Crippen molar-refractivity contribution in [3.63, 3.8) is 0 Å². The van der Waals surface area contributed by atoms with Crippen LogP contribution in [0, 0.1) is 17.0 Å². The van der Waals surface area contributed by atoms with Crippen LogP contribution in [0.25, 0.3) is 0 Å². The van der Waals surface area contributed by atoms with Crippen molar-refractivity contribution >= 4 is 29.2 Å². The van der Waals surface area contributed by atoms with Crippen LogP contribution in [0.15, 0.2) is 71.7 Å². The summed E-state index contributed by atoms with van der Waals surface area (Å²) in [6.45, 7) is 2.31. The number of halogens is 1. The van der Waals surface area contributed by atoms with Crippen LogP contribution in [-0.2, 0) is 6.61 Å². The van der Waals surface area contributed by atoms with Crippen LogP contribution in [0.5, 0.6) is 5.75 Å². The van der Waals surface area contributed by atoms with Crippen molar-refractivity contribution in [2.45, 2.75) is 13.5 Å². The molecule has 0 heterocycles. The van der Waals surface area contributed by atoms with E-state index in [1.165, 1.54) is 17.7 Å². The van der Waals surface area contributed by atoms with Gasteiger partial charge in [-0.15, -0.1) is 0 Å². The van der Waals surface area contributed by atoms with Crippen molar-refractivity contribution in [1.82, 2.24) is 0 Å². The van der Waals surface area contributed by atoms with Gasteiger partial charge in [-0.1, -0.05) is 29.3 Å². The van der Waals surface area contributed by atoms with E-state index in [4.69, 9.17) is 16.3 Å². The van der Waals surface area contributed by atoms with Gasteiger partial charge in [0, 0.05) is 28.9 Å². The van der Waals surface area contributed by atoms with E-state index in [2.05, 4.69) is 4.99 Å². The van der Waals surface area contributed by atoms with Gasteiger partial charge in [0.1, 0.15) is 12.4 Å². The van der Waals surface area contributed by atoms with Gasteiger partial charge in [-0.2, -0.15) is 0 Å². The van der Waals surface area contributed by atoms with Gasteiger partial charge in [0.2, 0.25) is 0 Å². The average Bonchev–Trinajstić information content (AvgIpc) is 2.67. The standard InChI is InChI=1S/C21H17ClN2O3/c1-15-2-7-19(8-3-15)23-13-17-12-18(22)6-11-21(17)27-14-16-4-9-20(10-5-16)24(25)26/h2-13H,14H2,1H3. The Bertz CT molecular complexity index is 968. The molecule has 0 aliphatic rings. The third-order valence-electron chi connectivity index (χ3n) is 3.90. The van der Waals surface area contributed by atoms with Crippen molar-refractivity contribution in [3.05, 3.63) is 98.6 Å². The van der Waals surface area contributed by atoms with Crippen LogP contribution in [0.1, 0.15) is 16.7 Å². The molecular weight excluding hydrogens is 364 g/mol. The molecule has 0 bridgehead atoms. The predicted octanol–water partition coefficient (Wildman–Crippen LogP) is 5.89. The Labute approximate surface area is 162 Å². The quantitative estimate of drug-likeness (QED) is 0.304. The number of benzene rings is 3. The minimum absolute atomic E-state index is 0.0520. The molecule has 0 spiro atoms. The van der Waals surface area contributed by atoms with Gasteiger partial charge in [0.15, 0.2) is 0 Å². The molecule has 0 amide bonds. The Morgan fingerprint density at radius 2 is 1.78 bits per heavy atom. The zero-order chi connectivity index (χ0) is 19.2. The van der Waals surface area contributed by atoms with E-state index >= 15 is 0 Å². The van der Waals surface area contributed by atoms with Crippen LogP contribution in [0.3, 0.4) is 0 Å². The molecule has 3 rings (SSSR count). The van der Waals surface area contributed by atoms with E-state index < -0.39 is 4.92 Å². The van der Waals surface area contributed by atoms with E-state index in [0.29, 0.717) is 10.8 Å². The summed E-state index contributed by atoms with van der Waals surface area (Å²) in [7, 11) is 0. The third kappa shape index (κ3) is 5.15. The first kappa shape index (κ1) is 18.6. The lowest BCUT2D eigenvalue weighted by Crippen LogP contribution is -1.99. The summed E-state index contributed by atoms with van der Waals surface area (Å²) in [6.07, 6.45) is 1.71. The molecule has 136 valence electrons. The second-order valence-corrected chi connectivity index (χ2v) is 6.42. The Hall–Kier alpha value is -3.18. The number of nitro benzene ring substituents is 1. The normalized spacial score (nSPS) is 10.9. The van der Waals surface area contributed by atoms with Crippen molar-refractivity contribution in [2.75, 3.05) is 0 Å². The fourth-order valence-corrected chi connectivity index (χ4v) is 2.58. The van der Waals surface area contributed by atoms with Crippen molar-refractivity contribution in [1.29, 1.82) is 0 Å². The summed E-state index contributed by atoms with van der Waals surface area (Å²) >= 11 is 6.10. The number of non-ortho nitro benzene ring substituents is 1. The minimum Gasteiger partial charge on any atom is -0.488 e. The summed E-state index contributed by atoms with van der Waals surface area (Å²) in [5, 5.41) is 11.3. The van der Waals surface area contributed by atoms with Crippen molar-refractivity contribution in [3.8, 4) is 5.75 Å². The van der Waals surface area contributed by atoms with E-state index in [1.54, 1.807) is 36.5 Å². The molecule has 0 aliphatic carbocycles. The summed E-state index contributed by atoms with van der Waals surface area (Å²) in [5.74, 6) is 0.633. The molecule has 3 aromatic carbocycles. The van der Waals surface area contributed by atoms with Crippen LogP contribution < -0.4 is 4.74 Å². The lowest BCUT2D eigenvalue weighted by atomic mass is 10.2. The highest BCUT2D eigenvalue weighted by molar-refractivity contribution is 6.30. The predicted molar refractivity (Wildman–Crippen MR) is 107 cm³/mol. The Morgan fingerprint density at radius 3 is 2.44 bits per heavy atom. The van der Waals surface area contributed by atoms with Crippen molar-refractivity contribution in [2.24, 2.45) is 4.99 Å². The molecule has 0 aliphatic heterocycles. The van der Waals surface area contributed by atoms with Gasteiger partial charge in [0.25, 0.3) is 5.69 Å². The molecule has 5 nitrogen and oxygen atoms in total. The minimum atomic E-state index is -0.427. The first-order valence-corrected chi connectivity index (χ1v) is 8.65. The fourth-order valence-electron chi connectivity index (χ4n) is 2.40. The Balaban J connectivity index is 1.75. The largest absolute Gasteiger partial charge is 0.488 e. The molecule has 0 aromatic heterocycles. The molecule has 27 heavy (non-hydrogen) atoms. The zero-order valence-electron chi connectivity index (χ0n) is 14.6. The molecule has 0 radical (unpaired) electrons. The van der Waals surface area contributed by atoms with Crippen LogP contribution in [-0.4, -0.2) is 11.1 Å². The van der Waals surface area contributed by atoms with Gasteiger partial charge in [-0.25, -0.2) is 0 Å². The van der Waals surface area contributed by atoms with Gasteiger partial charge < -0.3 is 4.74 Å². The smallest absolute Gasteiger partial charge is 0.269 e.